The van der Waals surface area contributed by atoms with Gasteiger partial charge < -0.3 is 44.0 Å². The van der Waals surface area contributed by atoms with Crippen LogP contribution < -0.4 is 17.0 Å². The molecule has 8 atom stereocenters. The second-order valence-electron chi connectivity index (χ2n) is 10.2. The molecule has 236 valence electrons. The predicted octanol–water partition coefficient (Wildman–Crippen LogP) is 0.561. The van der Waals surface area contributed by atoms with Gasteiger partial charge in [0.1, 0.15) is 30.3 Å². The van der Waals surface area contributed by atoms with Crippen LogP contribution in [0.4, 0.5) is 11.8 Å². The van der Waals surface area contributed by atoms with Crippen molar-refractivity contribution in [2.24, 2.45) is 5.92 Å². The van der Waals surface area contributed by atoms with E-state index in [0.29, 0.717) is 29.9 Å². The van der Waals surface area contributed by atoms with E-state index in [1.54, 1.807) is 6.33 Å². The van der Waals surface area contributed by atoms with E-state index in [0.717, 1.165) is 6.42 Å². The summed E-state index contributed by atoms with van der Waals surface area (Å²) in [5, 5.41) is 0. The smallest absolute Gasteiger partial charge is 0.319 e. The van der Waals surface area contributed by atoms with Gasteiger partial charge >= 0.3 is 16.5 Å². The fourth-order valence-electron chi connectivity index (χ4n) is 5.43. The Morgan fingerprint density at radius 1 is 1.07 bits per heavy atom. The summed E-state index contributed by atoms with van der Waals surface area (Å²) in [5.74, 6) is -0.516. The van der Waals surface area contributed by atoms with Crippen LogP contribution >= 0.6 is 16.5 Å². The molecule has 2 saturated heterocycles. The van der Waals surface area contributed by atoms with Gasteiger partial charge in [-0.3, -0.25) is 23.5 Å². The van der Waals surface area contributed by atoms with Crippen LogP contribution in [-0.4, -0.2) is 81.6 Å². The zero-order valence-electron chi connectivity index (χ0n) is 23.0. The first kappa shape index (κ1) is 30.5. The first-order valence-corrected chi connectivity index (χ1v) is 16.0. The summed E-state index contributed by atoms with van der Waals surface area (Å²) < 4.78 is 56.1. The van der Waals surface area contributed by atoms with Crippen molar-refractivity contribution in [3.8, 4) is 0 Å². The Morgan fingerprint density at radius 3 is 2.66 bits per heavy atom. The van der Waals surface area contributed by atoms with Crippen molar-refractivity contribution in [1.82, 2.24) is 39.0 Å². The number of nitrogens with zero attached hydrogens (tertiary/aromatic N) is 7. The Labute approximate surface area is 249 Å². The van der Waals surface area contributed by atoms with E-state index in [4.69, 9.17) is 34.5 Å². The lowest BCUT2D eigenvalue weighted by atomic mass is 10.00. The summed E-state index contributed by atoms with van der Waals surface area (Å²) in [4.78, 5) is 44.6. The number of nitrogens with two attached hydrogens (primary N) is 2. The van der Waals surface area contributed by atoms with Crippen LogP contribution in [-0.2, 0) is 38.7 Å². The van der Waals surface area contributed by atoms with Crippen LogP contribution in [0.15, 0.2) is 36.4 Å². The lowest BCUT2D eigenvalue weighted by Gasteiger charge is -2.22. The quantitative estimate of drug-likeness (QED) is 0.120. The highest BCUT2D eigenvalue weighted by atomic mass is 31.1. The zero-order chi connectivity index (χ0) is 31.0. The summed E-state index contributed by atoms with van der Waals surface area (Å²) in [6.07, 6.45) is 3.92. The third-order valence-corrected chi connectivity index (χ3v) is 8.68. The van der Waals surface area contributed by atoms with Gasteiger partial charge in [-0.25, -0.2) is 19.9 Å². The number of nitrogens with one attached hydrogen (secondary N) is 1. The molecule has 0 amide bonds. The van der Waals surface area contributed by atoms with E-state index in [-0.39, 0.29) is 42.5 Å². The Hall–Kier alpha value is -3.54. The molecule has 0 saturated carbocycles. The van der Waals surface area contributed by atoms with Crippen molar-refractivity contribution in [2.45, 2.75) is 50.0 Å². The predicted molar refractivity (Wildman–Crippen MR) is 155 cm³/mol. The monoisotopic (exact) mass is 652 g/mol. The summed E-state index contributed by atoms with van der Waals surface area (Å²) in [6.45, 7) is 3.99. The lowest BCUT2D eigenvalue weighted by molar-refractivity contribution is -0.0380. The van der Waals surface area contributed by atoms with E-state index >= 15 is 0 Å². The van der Waals surface area contributed by atoms with Gasteiger partial charge in [0.15, 0.2) is 22.6 Å². The average Bonchev–Trinajstić information content (AvgIpc) is 3.77. The summed E-state index contributed by atoms with van der Waals surface area (Å²) in [6, 6.07) is 0. The second-order valence-corrected chi connectivity index (χ2v) is 12.0. The van der Waals surface area contributed by atoms with Crippen molar-refractivity contribution in [3.05, 3.63) is 42.0 Å². The van der Waals surface area contributed by atoms with Crippen LogP contribution in [0, 0.1) is 5.92 Å². The van der Waals surface area contributed by atoms with Gasteiger partial charge in [-0.2, -0.15) is 4.98 Å². The van der Waals surface area contributed by atoms with Crippen LogP contribution in [0.2, 0.25) is 0 Å². The minimum atomic E-state index is -3.31. The maximum atomic E-state index is 13.0. The molecule has 4 aromatic heterocycles. The van der Waals surface area contributed by atoms with Crippen LogP contribution in [0.1, 0.15) is 19.1 Å². The third kappa shape index (κ3) is 6.18. The van der Waals surface area contributed by atoms with Crippen molar-refractivity contribution in [3.63, 3.8) is 0 Å². The number of aromatic nitrogens is 8. The fraction of sp³-hybridized carbons (Fsp3) is 0.478. The molecule has 4 aromatic rings. The molecule has 0 aromatic carbocycles. The molecule has 0 spiro atoms. The van der Waals surface area contributed by atoms with Gasteiger partial charge in [-0.1, -0.05) is 6.08 Å². The zero-order valence-corrected chi connectivity index (χ0v) is 25.0. The molecule has 2 aliphatic heterocycles. The molecule has 6 rings (SSSR count). The number of hydrogen-bond acceptors (Lipinski definition) is 15. The highest BCUT2D eigenvalue weighted by molar-refractivity contribution is 7.33. The Morgan fingerprint density at radius 2 is 1.86 bits per heavy atom. The van der Waals surface area contributed by atoms with Crippen LogP contribution in [0.25, 0.3) is 22.3 Å². The van der Waals surface area contributed by atoms with E-state index in [9.17, 15) is 18.8 Å². The fourth-order valence-corrected chi connectivity index (χ4v) is 6.65. The van der Waals surface area contributed by atoms with E-state index in [2.05, 4.69) is 36.5 Å². The third-order valence-electron chi connectivity index (χ3n) is 7.40. The van der Waals surface area contributed by atoms with Crippen molar-refractivity contribution < 1.29 is 37.1 Å². The SMILES string of the molecule is C=C[C@@H]1[C@H](O[PH](=O)OCC2CC[C@H](Cn3cnc4c(N)ncnc43)O2)[C@@H](CO[PH](=O)O)O[C@H]1n1cnc2c(=O)[nH]c(N)nc21. The lowest BCUT2D eigenvalue weighted by Crippen LogP contribution is -2.31. The number of aromatic amines is 1. The normalized spacial score (nSPS) is 26.8. The van der Waals surface area contributed by atoms with E-state index < -0.39 is 46.4 Å². The first-order chi connectivity index (χ1) is 21.2. The van der Waals surface area contributed by atoms with Gasteiger partial charge in [0.25, 0.3) is 5.56 Å². The summed E-state index contributed by atoms with van der Waals surface area (Å²) >= 11 is 0. The number of H-pyrrole nitrogens is 1. The molecule has 6 heterocycles. The van der Waals surface area contributed by atoms with Crippen molar-refractivity contribution in [1.29, 1.82) is 0 Å². The summed E-state index contributed by atoms with van der Waals surface area (Å²) in [5.41, 5.74) is 12.3. The van der Waals surface area contributed by atoms with Gasteiger partial charge in [0.2, 0.25) is 5.95 Å². The molecular formula is C23H30N10O9P2. The number of ether oxygens (including phenoxy) is 2. The van der Waals surface area contributed by atoms with Gasteiger partial charge in [0.05, 0.1) is 50.5 Å². The van der Waals surface area contributed by atoms with E-state index in [1.165, 1.54) is 23.3 Å². The van der Waals surface area contributed by atoms with Gasteiger partial charge in [-0.15, -0.1) is 6.58 Å². The van der Waals surface area contributed by atoms with Gasteiger partial charge in [0, 0.05) is 0 Å². The number of hydrogen-bond donors (Lipinski definition) is 4. The molecule has 0 bridgehead atoms. The molecule has 0 aliphatic carbocycles. The number of nitrogen functional groups attached to an aromatic ring is 2. The highest BCUT2D eigenvalue weighted by Crippen LogP contribution is 2.44. The molecule has 44 heavy (non-hydrogen) atoms. The van der Waals surface area contributed by atoms with Crippen LogP contribution in [0.3, 0.4) is 0 Å². The van der Waals surface area contributed by atoms with E-state index in [1.807, 2.05) is 4.57 Å². The average molecular weight is 653 g/mol. The number of fused-ring (bicyclic) bond motifs is 2. The van der Waals surface area contributed by atoms with Crippen LogP contribution in [0.5, 0.6) is 0 Å². The molecule has 2 aliphatic rings. The minimum Gasteiger partial charge on any atom is -0.382 e. The number of anilines is 2. The molecule has 3 unspecified atom stereocenters. The van der Waals surface area contributed by atoms with Crippen molar-refractivity contribution >= 4 is 50.6 Å². The largest absolute Gasteiger partial charge is 0.382 e. The number of rotatable bonds is 12. The van der Waals surface area contributed by atoms with Crippen molar-refractivity contribution in [2.75, 3.05) is 24.7 Å². The first-order valence-electron chi connectivity index (χ1n) is 13.5. The molecule has 0 radical (unpaired) electrons. The Balaban J connectivity index is 1.10. The molecular weight excluding hydrogens is 622 g/mol. The number of imidazole rings is 2. The maximum Gasteiger partial charge on any atom is 0.319 e. The van der Waals surface area contributed by atoms with Gasteiger partial charge in [-0.05, 0) is 12.8 Å². The maximum absolute atomic E-state index is 13.0. The highest BCUT2D eigenvalue weighted by Gasteiger charge is 2.47. The second kappa shape index (κ2) is 12.8. The summed E-state index contributed by atoms with van der Waals surface area (Å²) in [7, 11) is -6.44. The Bertz CT molecular complexity index is 1780. The Kier molecular flexibility index (Phi) is 8.89. The molecule has 2 fully saturated rings. The molecule has 21 heteroatoms. The minimum absolute atomic E-state index is 0.00744. The molecule has 6 N–H and O–H groups in total. The standard InChI is InChI=1S/C23H30N10O9P2/c1-2-13-17(14(7-38-43(35)36)41-22(13)33-10-29-16-20(33)30-23(25)31-21(16)34)42-44(37)39-6-12-4-3-11(40-12)5-32-9-28-15-18(24)26-8-27-19(15)32/h2,8-14,17,22,43-44H,1,3-7H2,(H,35,36)(H2,24,26,27)(H3,25,30,31,34)/t11-,12?,13-,14-,17+,22-/m1/s1. The topological polar surface area (TPSA) is 260 Å². The molecule has 19 nitrogen and oxygen atoms in total.